The Morgan fingerprint density at radius 1 is 1.13 bits per heavy atom. The maximum absolute atomic E-state index is 12.1. The molecule has 0 radical (unpaired) electrons. The maximum Gasteiger partial charge on any atom is 0.243 e. The molecule has 0 unspecified atom stereocenters. The van der Waals surface area contributed by atoms with Gasteiger partial charge in [0.15, 0.2) is 0 Å². The number of unbranched alkanes of at least 4 members (excludes halogenated alkanes) is 1. The van der Waals surface area contributed by atoms with Crippen LogP contribution in [0.4, 0.5) is 11.4 Å². The van der Waals surface area contributed by atoms with Gasteiger partial charge in [0.2, 0.25) is 5.91 Å². The van der Waals surface area contributed by atoms with E-state index in [2.05, 4.69) is 33.5 Å². The van der Waals surface area contributed by atoms with Gasteiger partial charge in [-0.2, -0.15) is 0 Å². The molecule has 2 rings (SSSR count). The van der Waals surface area contributed by atoms with E-state index in [4.69, 9.17) is 4.74 Å². The quantitative estimate of drug-likeness (QED) is 0.657. The molecular weight excluding hydrogens is 356 g/mol. The third-order valence-corrected chi connectivity index (χ3v) is 3.74. The second-order valence-electron chi connectivity index (χ2n) is 5.11. The van der Waals surface area contributed by atoms with Gasteiger partial charge in [-0.3, -0.25) is 4.79 Å². The van der Waals surface area contributed by atoms with Crippen molar-refractivity contribution in [1.29, 1.82) is 0 Å². The number of carbonyl (C=O) groups excluding carboxylic acids is 1. The molecule has 4 nitrogen and oxygen atoms in total. The van der Waals surface area contributed by atoms with Gasteiger partial charge in [0.25, 0.3) is 0 Å². The fourth-order valence-electron chi connectivity index (χ4n) is 1.97. The monoisotopic (exact) mass is 376 g/mol. The summed E-state index contributed by atoms with van der Waals surface area (Å²) in [6.45, 7) is 2.97. The van der Waals surface area contributed by atoms with Crippen LogP contribution in [0.25, 0.3) is 0 Å². The van der Waals surface area contributed by atoms with Gasteiger partial charge >= 0.3 is 0 Å². The first-order valence-corrected chi connectivity index (χ1v) is 8.49. The van der Waals surface area contributed by atoms with Crippen molar-refractivity contribution < 1.29 is 9.53 Å². The summed E-state index contributed by atoms with van der Waals surface area (Å²) in [5.74, 6) is 0.595. The lowest BCUT2D eigenvalue weighted by molar-refractivity contribution is -0.114. The van der Waals surface area contributed by atoms with Crippen LogP contribution >= 0.6 is 15.9 Å². The average molecular weight is 377 g/mol. The minimum Gasteiger partial charge on any atom is -0.491 e. The summed E-state index contributed by atoms with van der Waals surface area (Å²) in [5, 5.41) is 5.97. The summed E-state index contributed by atoms with van der Waals surface area (Å²) in [6, 6.07) is 15.2. The van der Waals surface area contributed by atoms with Crippen LogP contribution in [-0.2, 0) is 4.79 Å². The molecule has 0 aliphatic rings. The van der Waals surface area contributed by atoms with Crippen molar-refractivity contribution in [2.75, 3.05) is 23.8 Å². The smallest absolute Gasteiger partial charge is 0.243 e. The van der Waals surface area contributed by atoms with Crippen molar-refractivity contribution in [1.82, 2.24) is 0 Å². The van der Waals surface area contributed by atoms with Gasteiger partial charge in [-0.05, 0) is 42.8 Å². The van der Waals surface area contributed by atoms with E-state index < -0.39 is 0 Å². The van der Waals surface area contributed by atoms with Crippen molar-refractivity contribution in [3.8, 4) is 5.75 Å². The molecule has 2 aromatic carbocycles. The highest BCUT2D eigenvalue weighted by molar-refractivity contribution is 9.10. The summed E-state index contributed by atoms with van der Waals surface area (Å²) in [4.78, 5) is 12.1. The van der Waals surface area contributed by atoms with Crippen molar-refractivity contribution in [2.24, 2.45) is 0 Å². The highest BCUT2D eigenvalue weighted by Gasteiger charge is 2.07. The number of nitrogens with one attached hydrogen (secondary N) is 2. The van der Waals surface area contributed by atoms with E-state index in [1.165, 1.54) is 0 Å². The number of rotatable bonds is 8. The summed E-state index contributed by atoms with van der Waals surface area (Å²) >= 11 is 3.38. The molecule has 122 valence electrons. The fourth-order valence-corrected chi connectivity index (χ4v) is 2.23. The van der Waals surface area contributed by atoms with Crippen LogP contribution in [-0.4, -0.2) is 19.1 Å². The molecular formula is C18H21BrN2O2. The van der Waals surface area contributed by atoms with Gasteiger partial charge in [0, 0.05) is 10.2 Å². The molecule has 0 atom stereocenters. The van der Waals surface area contributed by atoms with Gasteiger partial charge < -0.3 is 15.4 Å². The van der Waals surface area contributed by atoms with Crippen LogP contribution in [0.2, 0.25) is 0 Å². The summed E-state index contributed by atoms with van der Waals surface area (Å²) in [5.41, 5.74) is 1.60. The molecule has 0 fully saturated rings. The van der Waals surface area contributed by atoms with Crippen molar-refractivity contribution in [3.05, 3.63) is 53.0 Å². The highest BCUT2D eigenvalue weighted by Crippen LogP contribution is 2.24. The number of ether oxygens (including phenoxy) is 1. The first-order chi connectivity index (χ1) is 11.2. The first-order valence-electron chi connectivity index (χ1n) is 7.70. The zero-order chi connectivity index (χ0) is 16.5. The average Bonchev–Trinajstić information content (AvgIpc) is 2.56. The Kier molecular flexibility index (Phi) is 6.94. The zero-order valence-corrected chi connectivity index (χ0v) is 14.7. The van der Waals surface area contributed by atoms with Crippen LogP contribution in [0.15, 0.2) is 53.0 Å². The highest BCUT2D eigenvalue weighted by atomic mass is 79.9. The third-order valence-electron chi connectivity index (χ3n) is 3.21. The van der Waals surface area contributed by atoms with Crippen molar-refractivity contribution >= 4 is 33.2 Å². The number of anilines is 2. The van der Waals surface area contributed by atoms with E-state index >= 15 is 0 Å². The van der Waals surface area contributed by atoms with Crippen molar-refractivity contribution in [2.45, 2.75) is 19.8 Å². The number of para-hydroxylation sites is 2. The second kappa shape index (κ2) is 9.20. The van der Waals surface area contributed by atoms with Gasteiger partial charge in [-0.15, -0.1) is 0 Å². The zero-order valence-electron chi connectivity index (χ0n) is 13.1. The Morgan fingerprint density at radius 2 is 1.87 bits per heavy atom. The van der Waals surface area contributed by atoms with Crippen LogP contribution in [0.1, 0.15) is 19.8 Å². The number of halogens is 1. The summed E-state index contributed by atoms with van der Waals surface area (Å²) in [6.07, 6.45) is 2.07. The molecule has 0 heterocycles. The van der Waals surface area contributed by atoms with E-state index in [9.17, 15) is 4.79 Å². The molecule has 1 amide bonds. The van der Waals surface area contributed by atoms with Crippen molar-refractivity contribution in [3.63, 3.8) is 0 Å². The molecule has 23 heavy (non-hydrogen) atoms. The summed E-state index contributed by atoms with van der Waals surface area (Å²) < 4.78 is 6.72. The number of amides is 1. The molecule has 0 aromatic heterocycles. The molecule has 2 N–H and O–H groups in total. The number of benzene rings is 2. The van der Waals surface area contributed by atoms with E-state index in [0.717, 1.165) is 23.0 Å². The molecule has 0 aliphatic carbocycles. The van der Waals surface area contributed by atoms with Gasteiger partial charge in [0.1, 0.15) is 5.75 Å². The van der Waals surface area contributed by atoms with E-state index in [1.54, 1.807) is 0 Å². The van der Waals surface area contributed by atoms with Gasteiger partial charge in [-0.25, -0.2) is 0 Å². The molecule has 5 heteroatoms. The predicted molar refractivity (Wildman–Crippen MR) is 98.1 cm³/mol. The molecule has 0 bridgehead atoms. The SMILES string of the molecule is CCCCOc1ccccc1NC(=O)CNc1ccc(Br)cc1. The standard InChI is InChI=1S/C18H21BrN2O2/c1-2-3-12-23-17-7-5-4-6-16(17)21-18(22)13-20-15-10-8-14(19)9-11-15/h4-11,20H,2-3,12-13H2,1H3,(H,21,22). The minimum atomic E-state index is -0.112. The lowest BCUT2D eigenvalue weighted by Crippen LogP contribution is -2.22. The van der Waals surface area contributed by atoms with E-state index in [0.29, 0.717) is 18.0 Å². The lowest BCUT2D eigenvalue weighted by atomic mass is 10.3. The largest absolute Gasteiger partial charge is 0.491 e. The Morgan fingerprint density at radius 3 is 2.61 bits per heavy atom. The van der Waals surface area contributed by atoms with Crippen LogP contribution in [0, 0.1) is 0 Å². The molecule has 0 spiro atoms. The minimum absolute atomic E-state index is 0.112. The maximum atomic E-state index is 12.1. The summed E-state index contributed by atoms with van der Waals surface area (Å²) in [7, 11) is 0. The predicted octanol–water partition coefficient (Wildman–Crippen LogP) is 4.68. The second-order valence-corrected chi connectivity index (χ2v) is 6.02. The molecule has 0 aliphatic heterocycles. The van der Waals surface area contributed by atoms with E-state index in [1.807, 2.05) is 48.5 Å². The number of carbonyl (C=O) groups is 1. The van der Waals surface area contributed by atoms with Crippen LogP contribution < -0.4 is 15.4 Å². The topological polar surface area (TPSA) is 50.4 Å². The normalized spacial score (nSPS) is 10.2. The molecule has 0 saturated heterocycles. The van der Waals surface area contributed by atoms with Gasteiger partial charge in [-0.1, -0.05) is 41.4 Å². The van der Waals surface area contributed by atoms with Crippen LogP contribution in [0.3, 0.4) is 0 Å². The molecule has 2 aromatic rings. The Hall–Kier alpha value is -2.01. The third kappa shape index (κ3) is 5.94. The fraction of sp³-hybridized carbons (Fsp3) is 0.278. The van der Waals surface area contributed by atoms with Gasteiger partial charge in [0.05, 0.1) is 18.8 Å². The number of hydrogen-bond donors (Lipinski definition) is 2. The Balaban J connectivity index is 1.88. The first kappa shape index (κ1) is 17.3. The Labute approximate surface area is 145 Å². The molecule has 0 saturated carbocycles. The Bertz CT molecular complexity index is 629. The lowest BCUT2D eigenvalue weighted by Gasteiger charge is -2.13. The van der Waals surface area contributed by atoms with Crippen LogP contribution in [0.5, 0.6) is 5.75 Å². The number of hydrogen-bond acceptors (Lipinski definition) is 3. The van der Waals surface area contributed by atoms with E-state index in [-0.39, 0.29) is 12.5 Å².